The number of fused-ring (bicyclic) bond motifs is 3. The number of nitrogen functional groups attached to an aromatic ring is 1. The highest BCUT2D eigenvalue weighted by Gasteiger charge is 2.11. The second kappa shape index (κ2) is 2.22. The van der Waals surface area contributed by atoms with E-state index in [1.807, 2.05) is 6.92 Å². The SMILES string of the molecule is Cc1nc2ccoc2c2nc(N)nn12. The summed E-state index contributed by atoms with van der Waals surface area (Å²) in [5.74, 6) is 0.955. The van der Waals surface area contributed by atoms with Gasteiger partial charge in [0.1, 0.15) is 11.3 Å². The Bertz CT molecular complexity index is 623. The predicted molar refractivity (Wildman–Crippen MR) is 49.7 cm³/mol. The first-order valence-corrected chi connectivity index (χ1v) is 4.12. The molecule has 2 N–H and O–H groups in total. The average molecular weight is 189 g/mol. The highest BCUT2D eigenvalue weighted by molar-refractivity contribution is 5.85. The van der Waals surface area contributed by atoms with E-state index >= 15 is 0 Å². The van der Waals surface area contributed by atoms with Crippen molar-refractivity contribution in [3.8, 4) is 0 Å². The molecule has 70 valence electrons. The molecule has 3 aromatic heterocycles. The number of anilines is 1. The van der Waals surface area contributed by atoms with Crippen LogP contribution in [0.2, 0.25) is 0 Å². The summed E-state index contributed by atoms with van der Waals surface area (Å²) in [6.07, 6.45) is 1.57. The zero-order valence-electron chi connectivity index (χ0n) is 7.43. The number of aryl methyl sites for hydroxylation is 1. The zero-order valence-corrected chi connectivity index (χ0v) is 7.43. The summed E-state index contributed by atoms with van der Waals surface area (Å²) in [5, 5.41) is 4.00. The number of nitrogens with two attached hydrogens (primary N) is 1. The molecular formula is C8H7N5O. The van der Waals surface area contributed by atoms with Gasteiger partial charge in [0.25, 0.3) is 0 Å². The zero-order chi connectivity index (χ0) is 9.71. The van der Waals surface area contributed by atoms with E-state index < -0.39 is 0 Å². The van der Waals surface area contributed by atoms with Crippen LogP contribution in [0.25, 0.3) is 16.7 Å². The van der Waals surface area contributed by atoms with E-state index in [9.17, 15) is 0 Å². The van der Waals surface area contributed by atoms with Gasteiger partial charge in [0.05, 0.1) is 6.26 Å². The molecule has 0 saturated heterocycles. The largest absolute Gasteiger partial charge is 0.459 e. The van der Waals surface area contributed by atoms with Gasteiger partial charge in [-0.3, -0.25) is 0 Å². The second-order valence-electron chi connectivity index (χ2n) is 3.00. The van der Waals surface area contributed by atoms with Gasteiger partial charge >= 0.3 is 0 Å². The lowest BCUT2D eigenvalue weighted by molar-refractivity contribution is 0.615. The Morgan fingerprint density at radius 3 is 3.14 bits per heavy atom. The quantitative estimate of drug-likeness (QED) is 0.564. The van der Waals surface area contributed by atoms with Crippen LogP contribution >= 0.6 is 0 Å². The van der Waals surface area contributed by atoms with Crippen LogP contribution in [0.1, 0.15) is 5.82 Å². The molecule has 0 atom stereocenters. The van der Waals surface area contributed by atoms with Crippen molar-refractivity contribution in [2.45, 2.75) is 6.92 Å². The van der Waals surface area contributed by atoms with E-state index in [4.69, 9.17) is 10.2 Å². The highest BCUT2D eigenvalue weighted by Crippen LogP contribution is 2.19. The lowest BCUT2D eigenvalue weighted by Gasteiger charge is -1.95. The minimum Gasteiger partial charge on any atom is -0.459 e. The molecule has 0 aliphatic heterocycles. The Morgan fingerprint density at radius 1 is 1.43 bits per heavy atom. The summed E-state index contributed by atoms with van der Waals surface area (Å²) in [5.41, 5.74) is 7.49. The topological polar surface area (TPSA) is 82.2 Å². The van der Waals surface area contributed by atoms with Gasteiger partial charge in [0, 0.05) is 6.07 Å². The maximum absolute atomic E-state index is 5.51. The van der Waals surface area contributed by atoms with Crippen LogP contribution in [0.15, 0.2) is 16.7 Å². The molecule has 0 aromatic carbocycles. The van der Waals surface area contributed by atoms with E-state index in [1.165, 1.54) is 0 Å². The molecule has 3 aromatic rings. The molecular weight excluding hydrogens is 182 g/mol. The molecule has 0 aliphatic carbocycles. The third-order valence-corrected chi connectivity index (χ3v) is 2.06. The first kappa shape index (κ1) is 7.31. The molecule has 0 aliphatic rings. The number of hydrogen-bond donors (Lipinski definition) is 1. The summed E-state index contributed by atoms with van der Waals surface area (Å²) < 4.78 is 6.83. The summed E-state index contributed by atoms with van der Waals surface area (Å²) in [6.45, 7) is 1.84. The van der Waals surface area contributed by atoms with Gasteiger partial charge in [-0.25, -0.2) is 4.98 Å². The molecule has 0 unspecified atom stereocenters. The number of rotatable bonds is 0. The Morgan fingerprint density at radius 2 is 2.29 bits per heavy atom. The first-order chi connectivity index (χ1) is 6.75. The lowest BCUT2D eigenvalue weighted by Crippen LogP contribution is -1.97. The first-order valence-electron chi connectivity index (χ1n) is 4.12. The van der Waals surface area contributed by atoms with Crippen LogP contribution in [0, 0.1) is 6.92 Å². The van der Waals surface area contributed by atoms with Crippen LogP contribution in [0.5, 0.6) is 0 Å². The number of nitrogens with zero attached hydrogens (tertiary/aromatic N) is 4. The monoisotopic (exact) mass is 189 g/mol. The molecule has 0 radical (unpaired) electrons. The predicted octanol–water partition coefficient (Wildman–Crippen LogP) is 0.761. The van der Waals surface area contributed by atoms with E-state index in [2.05, 4.69) is 15.1 Å². The van der Waals surface area contributed by atoms with Crippen molar-refractivity contribution in [1.29, 1.82) is 0 Å². The number of hydrogen-bond acceptors (Lipinski definition) is 5. The van der Waals surface area contributed by atoms with Crippen LogP contribution in [0.4, 0.5) is 5.95 Å². The summed E-state index contributed by atoms with van der Waals surface area (Å²) in [7, 11) is 0. The van der Waals surface area contributed by atoms with Crippen molar-refractivity contribution in [3.05, 3.63) is 18.2 Å². The van der Waals surface area contributed by atoms with Crippen molar-refractivity contribution >= 4 is 22.7 Å². The normalized spacial score (nSPS) is 11.5. The maximum Gasteiger partial charge on any atom is 0.240 e. The molecule has 6 nitrogen and oxygen atoms in total. The van der Waals surface area contributed by atoms with E-state index in [-0.39, 0.29) is 5.95 Å². The third-order valence-electron chi connectivity index (χ3n) is 2.06. The van der Waals surface area contributed by atoms with Gasteiger partial charge in [0.2, 0.25) is 11.6 Å². The Kier molecular flexibility index (Phi) is 1.16. The van der Waals surface area contributed by atoms with Crippen LogP contribution in [-0.4, -0.2) is 19.6 Å². The minimum absolute atomic E-state index is 0.221. The van der Waals surface area contributed by atoms with Crippen LogP contribution in [-0.2, 0) is 0 Å². The highest BCUT2D eigenvalue weighted by atomic mass is 16.3. The number of aromatic nitrogens is 4. The van der Waals surface area contributed by atoms with Crippen LogP contribution in [0.3, 0.4) is 0 Å². The molecule has 0 bridgehead atoms. The fourth-order valence-corrected chi connectivity index (χ4v) is 1.48. The molecule has 14 heavy (non-hydrogen) atoms. The summed E-state index contributed by atoms with van der Waals surface area (Å²) in [6, 6.07) is 1.78. The molecule has 0 fully saturated rings. The van der Waals surface area contributed by atoms with E-state index in [1.54, 1.807) is 16.8 Å². The second-order valence-corrected chi connectivity index (χ2v) is 3.00. The fraction of sp³-hybridized carbons (Fsp3) is 0.125. The van der Waals surface area contributed by atoms with E-state index in [0.717, 1.165) is 11.3 Å². The summed E-state index contributed by atoms with van der Waals surface area (Å²) in [4.78, 5) is 8.36. The Balaban J connectivity index is 2.65. The summed E-state index contributed by atoms with van der Waals surface area (Å²) >= 11 is 0. The van der Waals surface area contributed by atoms with Crippen molar-refractivity contribution < 1.29 is 4.42 Å². The third kappa shape index (κ3) is 0.769. The minimum atomic E-state index is 0.221. The van der Waals surface area contributed by atoms with E-state index in [0.29, 0.717) is 11.2 Å². The fourth-order valence-electron chi connectivity index (χ4n) is 1.48. The van der Waals surface area contributed by atoms with Gasteiger partial charge in [-0.15, -0.1) is 5.10 Å². The lowest BCUT2D eigenvalue weighted by atomic mass is 10.4. The van der Waals surface area contributed by atoms with Gasteiger partial charge < -0.3 is 10.2 Å². The van der Waals surface area contributed by atoms with Crippen LogP contribution < -0.4 is 5.73 Å². The van der Waals surface area contributed by atoms with Crippen molar-refractivity contribution in [3.63, 3.8) is 0 Å². The standard InChI is InChI=1S/C8H7N5O/c1-4-10-5-2-3-14-6(5)7-11-8(9)12-13(4)7/h2-3H,1H3,(H2,9,12). The van der Waals surface area contributed by atoms with Gasteiger partial charge in [0.15, 0.2) is 5.58 Å². The Labute approximate surface area is 78.4 Å². The molecule has 0 saturated carbocycles. The van der Waals surface area contributed by atoms with Gasteiger partial charge in [-0.1, -0.05) is 0 Å². The molecule has 6 heteroatoms. The van der Waals surface area contributed by atoms with Gasteiger partial charge in [-0.2, -0.15) is 9.50 Å². The van der Waals surface area contributed by atoms with Crippen molar-refractivity contribution in [2.24, 2.45) is 0 Å². The van der Waals surface area contributed by atoms with Crippen molar-refractivity contribution in [1.82, 2.24) is 19.6 Å². The maximum atomic E-state index is 5.51. The van der Waals surface area contributed by atoms with Crippen molar-refractivity contribution in [2.75, 3.05) is 5.73 Å². The average Bonchev–Trinajstić information content (AvgIpc) is 2.69. The number of furan rings is 1. The molecule has 0 spiro atoms. The smallest absolute Gasteiger partial charge is 0.240 e. The molecule has 0 amide bonds. The molecule has 3 rings (SSSR count). The molecule has 3 heterocycles. The Hall–Kier alpha value is -2.11. The van der Waals surface area contributed by atoms with Gasteiger partial charge in [-0.05, 0) is 6.92 Å².